The molecule has 6 amide bonds. The van der Waals surface area contributed by atoms with Crippen LogP contribution >= 0.6 is 11.8 Å². The van der Waals surface area contributed by atoms with Crippen molar-refractivity contribution < 1.29 is 67.6 Å². The van der Waals surface area contributed by atoms with Crippen molar-refractivity contribution in [2.45, 2.75) is 449 Å². The third-order valence-electron chi connectivity index (χ3n) is 24.1. The van der Waals surface area contributed by atoms with Crippen molar-refractivity contribution in [3.8, 4) is 0 Å². The molecule has 0 fully saturated rings. The number of carboxylic acids is 1. The van der Waals surface area contributed by atoms with E-state index in [0.717, 1.165) is 89.9 Å². The largest absolute Gasteiger partial charge is 0.480 e. The van der Waals surface area contributed by atoms with E-state index in [1.54, 1.807) is 24.3 Å². The van der Waals surface area contributed by atoms with Crippen LogP contribution in [0.2, 0.25) is 0 Å². The number of carboxylic acid groups (broad SMARTS) is 1. The fraction of sp³-hybridized carbons (Fsp3) is 0.788. The topological polar surface area (TPSA) is 481 Å². The summed E-state index contributed by atoms with van der Waals surface area (Å²) in [5, 5.41) is 40.7. The Hall–Kier alpha value is -7.74. The number of hydrogen-bond acceptors (Lipinski definition) is 22. The van der Waals surface area contributed by atoms with E-state index in [1.807, 2.05) is 0 Å². The predicted molar refractivity (Wildman–Crippen MR) is 523 cm³/mol. The zero-order valence-corrected chi connectivity index (χ0v) is 81.3. The maximum atomic E-state index is 15.0. The summed E-state index contributed by atoms with van der Waals surface area (Å²) in [6.45, 7) is 9.11. The number of ether oxygens (including phenoxy) is 2. The lowest BCUT2D eigenvalue weighted by Gasteiger charge is -2.27. The zero-order chi connectivity index (χ0) is 94.8. The van der Waals surface area contributed by atoms with E-state index < -0.39 is 108 Å². The number of aliphatic hydroxyl groups is 1. The van der Waals surface area contributed by atoms with E-state index in [1.165, 1.54) is 170 Å². The number of carbonyl (C=O) groups is 10. The molecular formula is C99H175N15O15S. The number of carbonyl (C=O) groups excluding carboxylic acids is 9. The van der Waals surface area contributed by atoms with Gasteiger partial charge >= 0.3 is 23.6 Å². The molecule has 0 saturated carbocycles. The molecule has 2 aromatic heterocycles. The molecule has 130 heavy (non-hydrogen) atoms. The number of nitrogens with one attached hydrogen (secondary N) is 8. The molecule has 0 spiro atoms. The monoisotopic (exact) mass is 1850 g/mol. The molecule has 3 rings (SSSR count). The van der Waals surface area contributed by atoms with Gasteiger partial charge in [-0.05, 0) is 122 Å². The third kappa shape index (κ3) is 55.1. The van der Waals surface area contributed by atoms with E-state index in [0.29, 0.717) is 112 Å². The van der Waals surface area contributed by atoms with Crippen LogP contribution in [0.4, 0.5) is 11.8 Å². The Kier molecular flexibility index (Phi) is 68.6. The molecule has 31 heteroatoms. The Bertz CT molecular complexity index is 3610. The number of thioether (sulfide) groups is 1. The van der Waals surface area contributed by atoms with Crippen molar-refractivity contribution in [2.24, 2.45) is 17.2 Å². The summed E-state index contributed by atoms with van der Waals surface area (Å²) in [6, 6.07) is -1.52. The number of unbranched alkanes of at least 4 members (excludes halogenated alkanes) is 42. The summed E-state index contributed by atoms with van der Waals surface area (Å²) in [5.74, 6) is -6.58. The SMILES string of the molecule is CCCCCCCCCCCCCCCC(=O)N[C@@H](CSCC(COC(=O)CCCCCCCCCCCCCCC)OC(=O)CCCCCCCCCCCCCCC)C(=O)N[C@@H](CO)C(=O)N[C@@H](CCCCCC(=O)c1ccc(Cn2c(=O)[nH]c3c(N)nc(NCCCC)nc32)cc1)C(=O)N[C@@H](CCCCN)C(=O)N[C@@H](CCCCN)C(=O)N[C@@H](CCCCN)C(=O)O. The Morgan fingerprint density at radius 2 is 0.792 bits per heavy atom. The average molecular weight is 1850 g/mol. The van der Waals surface area contributed by atoms with Gasteiger partial charge in [-0.15, -0.1) is 0 Å². The molecule has 0 bridgehead atoms. The number of rotatable bonds is 87. The molecule has 18 N–H and O–H groups in total. The van der Waals surface area contributed by atoms with Gasteiger partial charge in [0.1, 0.15) is 54.5 Å². The number of esters is 2. The second kappa shape index (κ2) is 76.6. The summed E-state index contributed by atoms with van der Waals surface area (Å²) in [7, 11) is 0. The van der Waals surface area contributed by atoms with E-state index in [9.17, 15) is 58.2 Å². The van der Waals surface area contributed by atoms with Crippen LogP contribution in [0, 0.1) is 0 Å². The van der Waals surface area contributed by atoms with E-state index in [4.69, 9.17) is 32.4 Å². The van der Waals surface area contributed by atoms with Crippen LogP contribution in [0.3, 0.4) is 0 Å². The molecule has 0 radical (unpaired) electrons. The first-order valence-corrected chi connectivity index (χ1v) is 52.1. The Morgan fingerprint density at radius 3 is 1.22 bits per heavy atom. The zero-order valence-electron chi connectivity index (χ0n) is 80.5. The van der Waals surface area contributed by atoms with Crippen molar-refractivity contribution in [1.29, 1.82) is 0 Å². The van der Waals surface area contributed by atoms with Gasteiger partial charge < -0.3 is 84.8 Å². The van der Waals surface area contributed by atoms with Gasteiger partial charge in [-0.1, -0.05) is 302 Å². The maximum absolute atomic E-state index is 15.0. The third-order valence-corrected chi connectivity index (χ3v) is 25.3. The highest BCUT2D eigenvalue weighted by molar-refractivity contribution is 7.99. The number of nitrogens with two attached hydrogens (primary N) is 4. The molecule has 1 unspecified atom stereocenters. The molecule has 1 aromatic carbocycles. The number of hydrogen-bond donors (Lipinski definition) is 14. The van der Waals surface area contributed by atoms with Crippen molar-refractivity contribution in [3.63, 3.8) is 0 Å². The van der Waals surface area contributed by atoms with Gasteiger partial charge in [-0.25, -0.2) is 9.59 Å². The lowest BCUT2D eigenvalue weighted by atomic mass is 10.0. The minimum absolute atomic E-state index is 0.0169. The number of aromatic amines is 1. The van der Waals surface area contributed by atoms with Gasteiger partial charge in [0.05, 0.1) is 13.2 Å². The van der Waals surface area contributed by atoms with Gasteiger partial charge in [0, 0.05) is 49.3 Å². The number of aliphatic hydroxyl groups excluding tert-OH is 1. The van der Waals surface area contributed by atoms with E-state index in [2.05, 4.69) is 79.9 Å². The second-order valence-electron chi connectivity index (χ2n) is 35.8. The first kappa shape index (κ1) is 116. The fourth-order valence-electron chi connectivity index (χ4n) is 15.9. The van der Waals surface area contributed by atoms with Crippen LogP contribution < -0.4 is 65.8 Å². The molecule has 0 saturated heterocycles. The van der Waals surface area contributed by atoms with Crippen molar-refractivity contribution >= 4 is 93.8 Å². The number of H-pyrrole nitrogens is 1. The van der Waals surface area contributed by atoms with Crippen LogP contribution in [-0.2, 0) is 59.2 Å². The van der Waals surface area contributed by atoms with Gasteiger partial charge in [0.2, 0.25) is 41.4 Å². The Morgan fingerprint density at radius 1 is 0.423 bits per heavy atom. The molecule has 0 aliphatic heterocycles. The number of anilines is 2. The molecule has 0 aliphatic carbocycles. The molecule has 30 nitrogen and oxygen atoms in total. The molecule has 7 atom stereocenters. The lowest BCUT2D eigenvalue weighted by molar-refractivity contribution is -0.157. The smallest absolute Gasteiger partial charge is 0.328 e. The summed E-state index contributed by atoms with van der Waals surface area (Å²) < 4.78 is 13.3. The van der Waals surface area contributed by atoms with Crippen LogP contribution in [-0.4, -0.2) is 182 Å². The van der Waals surface area contributed by atoms with Gasteiger partial charge in [0.25, 0.3) is 0 Å². The van der Waals surface area contributed by atoms with Crippen molar-refractivity contribution in [1.82, 2.24) is 51.4 Å². The lowest BCUT2D eigenvalue weighted by Crippen LogP contribution is -2.60. The predicted octanol–water partition coefficient (Wildman–Crippen LogP) is 16.1. The van der Waals surface area contributed by atoms with E-state index >= 15 is 4.79 Å². The first-order valence-electron chi connectivity index (χ1n) is 51.0. The first-order chi connectivity index (χ1) is 63.2. The van der Waals surface area contributed by atoms with Crippen LogP contribution in [0.25, 0.3) is 11.2 Å². The van der Waals surface area contributed by atoms with Gasteiger partial charge in [-0.2, -0.15) is 21.7 Å². The number of fused-ring (bicyclic) bond motifs is 1. The number of aromatic nitrogens is 4. The Balaban J connectivity index is 1.95. The number of imidazole rings is 1. The molecule has 2 heterocycles. The van der Waals surface area contributed by atoms with Crippen molar-refractivity contribution in [3.05, 3.63) is 45.9 Å². The van der Waals surface area contributed by atoms with Crippen molar-refractivity contribution in [2.75, 3.05) is 61.9 Å². The fourth-order valence-corrected chi connectivity index (χ4v) is 17.0. The normalized spacial score (nSPS) is 13.0. The molecule has 742 valence electrons. The van der Waals surface area contributed by atoms with Gasteiger partial charge in [0.15, 0.2) is 17.2 Å². The van der Waals surface area contributed by atoms with Gasteiger partial charge in [-0.3, -0.25) is 47.7 Å². The minimum Gasteiger partial charge on any atom is -0.480 e. The molecule has 0 aliphatic rings. The number of benzene rings is 1. The summed E-state index contributed by atoms with van der Waals surface area (Å²) >= 11 is 1.18. The molecule has 3 aromatic rings. The minimum atomic E-state index is -1.71. The second-order valence-corrected chi connectivity index (χ2v) is 36.8. The highest BCUT2D eigenvalue weighted by atomic mass is 32.2. The van der Waals surface area contributed by atoms with Crippen LogP contribution in [0.1, 0.15) is 416 Å². The summed E-state index contributed by atoms with van der Waals surface area (Å²) in [5.41, 5.74) is 25.0. The summed E-state index contributed by atoms with van der Waals surface area (Å²) in [4.78, 5) is 166. The quantitative estimate of drug-likeness (QED) is 0.0142. The number of aliphatic carboxylic acids is 1. The summed E-state index contributed by atoms with van der Waals surface area (Å²) in [6.07, 6.45) is 49.3. The van der Waals surface area contributed by atoms with Crippen LogP contribution in [0.15, 0.2) is 29.1 Å². The number of ketones is 1. The van der Waals surface area contributed by atoms with E-state index in [-0.39, 0.29) is 107 Å². The molecular weight excluding hydrogens is 1670 g/mol. The number of amides is 6. The number of nitrogen functional groups attached to an aromatic ring is 1. The number of nitrogens with zero attached hydrogens (tertiary/aromatic N) is 3. The standard InChI is InChI=1S/C99H175N15O15S/c1-5-9-13-16-19-22-25-28-31-34-37-40-46-60-86(117)105-84(75-130-74-78(129-88(119)62-48-42-39-36-33-30-27-24-21-18-15-11-7-3)73-128-87(118)61-47-41-38-35-32-29-26-23-20-17-14-10-6-2)96(124)110-83(72-115)95(123)108-79(92(120)106-80(56-49-52-67-100)93(121)107-81(57-50-53-68-101)94(122)109-82(97(125)126)58-51-54-69-102)55-44-43-45-59-85(116)77-65-63-76(64-66-77)71-114-91-89(111-99(114)127)90(103)112-98(113-91)104-70-12-8-4/h63-66,78-84,115H,5-62,67-75,100-102H2,1-4H3,(H,105,117)(H,106,120)(H,107,121)(H,108,123)(H,109,122)(H,110,124)(H,111,127)(H,125,126)(H3,103,104,112,113)/t78?,79-,80-,81-,82-,83-,84-/m0/s1. The highest BCUT2D eigenvalue weighted by Gasteiger charge is 2.34. The Labute approximate surface area is 782 Å². The average Bonchev–Trinajstić information content (AvgIpc) is 1.63. The number of Topliss-reactive ketones (excluding diaryl/α,β-unsaturated/α-hetero) is 1. The van der Waals surface area contributed by atoms with Crippen LogP contribution in [0.5, 0.6) is 0 Å². The maximum Gasteiger partial charge on any atom is 0.328 e. The highest BCUT2D eigenvalue weighted by Crippen LogP contribution is 2.23.